The van der Waals surface area contributed by atoms with E-state index in [0.29, 0.717) is 32.3 Å². The first-order valence-corrected chi connectivity index (χ1v) is 11.4. The van der Waals surface area contributed by atoms with Gasteiger partial charge in [0.25, 0.3) is 7.52 Å². The Morgan fingerprint density at radius 3 is 2.65 bits per heavy atom. The van der Waals surface area contributed by atoms with Gasteiger partial charge in [0, 0.05) is 12.7 Å². The number of hydrogen-bond acceptors (Lipinski definition) is 6. The van der Waals surface area contributed by atoms with E-state index in [1.807, 2.05) is 0 Å². The number of esters is 1. The number of ether oxygens (including phenoxy) is 1. The van der Waals surface area contributed by atoms with Gasteiger partial charge in [0.1, 0.15) is 6.54 Å². The molecular weight excluding hydrogens is 357 g/mol. The van der Waals surface area contributed by atoms with Crippen LogP contribution >= 0.6 is 7.52 Å². The lowest BCUT2D eigenvalue weighted by Gasteiger charge is -2.34. The van der Waals surface area contributed by atoms with Gasteiger partial charge in [-0.2, -0.15) is 0 Å². The molecule has 3 N–H and O–H groups in total. The number of nitrogens with two attached hydrogens (primary N) is 1. The minimum absolute atomic E-state index is 0.0666. The number of carbonyl (C=O) groups excluding carboxylic acids is 2. The van der Waals surface area contributed by atoms with Crippen LogP contribution in [-0.2, 0) is 23.4 Å². The van der Waals surface area contributed by atoms with Gasteiger partial charge < -0.3 is 19.9 Å². The van der Waals surface area contributed by atoms with Crippen LogP contribution in [0.4, 0.5) is 0 Å². The highest BCUT2D eigenvalue weighted by molar-refractivity contribution is 7.56. The molecule has 0 spiro atoms. The van der Waals surface area contributed by atoms with E-state index in [0.717, 1.165) is 32.1 Å². The molecule has 2 atom stereocenters. The summed E-state index contributed by atoms with van der Waals surface area (Å²) < 4.78 is 23.5. The third-order valence-electron chi connectivity index (χ3n) is 4.25. The molecule has 152 valence electrons. The van der Waals surface area contributed by atoms with Crippen molar-refractivity contribution in [3.8, 4) is 0 Å². The second-order valence-corrected chi connectivity index (χ2v) is 8.72. The zero-order chi connectivity index (χ0) is 19.4. The van der Waals surface area contributed by atoms with E-state index < -0.39 is 19.5 Å². The first-order valence-electron chi connectivity index (χ1n) is 9.61. The fraction of sp³-hybridized carbons (Fsp3) is 0.882. The minimum atomic E-state index is -3.09. The number of unbranched alkanes of at least 4 members (excludes halogenated alkanes) is 3. The summed E-state index contributed by atoms with van der Waals surface area (Å²) in [7, 11) is -3.09. The molecule has 26 heavy (non-hydrogen) atoms. The lowest BCUT2D eigenvalue weighted by atomic mass is 10.1. The van der Waals surface area contributed by atoms with Crippen molar-refractivity contribution in [1.82, 2.24) is 9.99 Å². The lowest BCUT2D eigenvalue weighted by Crippen LogP contribution is -2.51. The Labute approximate surface area is 156 Å². The highest BCUT2D eigenvalue weighted by atomic mass is 31.2. The van der Waals surface area contributed by atoms with Crippen molar-refractivity contribution in [2.45, 2.75) is 58.4 Å². The van der Waals surface area contributed by atoms with Crippen molar-refractivity contribution in [3.05, 3.63) is 0 Å². The van der Waals surface area contributed by atoms with Crippen molar-refractivity contribution >= 4 is 19.4 Å². The van der Waals surface area contributed by atoms with Gasteiger partial charge in [-0.3, -0.25) is 14.2 Å². The number of likely N-dealkylation sites (tertiary alicyclic amines) is 1. The largest absolute Gasteiger partial charge is 0.465 e. The van der Waals surface area contributed by atoms with Crippen LogP contribution < -0.4 is 10.8 Å². The van der Waals surface area contributed by atoms with E-state index >= 15 is 0 Å². The Balaban J connectivity index is 2.60. The van der Waals surface area contributed by atoms with Crippen LogP contribution in [0.25, 0.3) is 0 Å². The Morgan fingerprint density at radius 2 is 2.00 bits per heavy atom. The van der Waals surface area contributed by atoms with Crippen LogP contribution in [0.2, 0.25) is 0 Å². The second kappa shape index (κ2) is 12.4. The van der Waals surface area contributed by atoms with Crippen LogP contribution in [0.15, 0.2) is 0 Å². The first-order chi connectivity index (χ1) is 12.5. The molecule has 1 amide bonds. The summed E-state index contributed by atoms with van der Waals surface area (Å²) >= 11 is 0. The molecule has 1 fully saturated rings. The van der Waals surface area contributed by atoms with E-state index in [1.54, 1.807) is 13.8 Å². The Kier molecular flexibility index (Phi) is 11.0. The van der Waals surface area contributed by atoms with E-state index in [4.69, 9.17) is 15.0 Å². The van der Waals surface area contributed by atoms with Crippen molar-refractivity contribution in [1.29, 1.82) is 0 Å². The maximum atomic E-state index is 13.1. The van der Waals surface area contributed by atoms with Crippen LogP contribution in [0, 0.1) is 0 Å². The number of piperidine rings is 1. The van der Waals surface area contributed by atoms with Crippen LogP contribution in [0.5, 0.6) is 0 Å². The molecule has 8 nitrogen and oxygen atoms in total. The summed E-state index contributed by atoms with van der Waals surface area (Å²) in [5, 5.41) is 2.97. The fourth-order valence-corrected chi connectivity index (χ4v) is 5.11. The van der Waals surface area contributed by atoms with Crippen LogP contribution in [0.1, 0.15) is 52.4 Å². The summed E-state index contributed by atoms with van der Waals surface area (Å²) in [6.07, 6.45) is 5.37. The molecule has 1 aliphatic rings. The molecule has 0 saturated carbocycles. The van der Waals surface area contributed by atoms with E-state index in [9.17, 15) is 14.2 Å². The van der Waals surface area contributed by atoms with Gasteiger partial charge in [0.05, 0.1) is 19.3 Å². The van der Waals surface area contributed by atoms with Crippen molar-refractivity contribution in [3.63, 3.8) is 0 Å². The van der Waals surface area contributed by atoms with Crippen molar-refractivity contribution in [2.75, 3.05) is 39.0 Å². The molecule has 1 heterocycles. The Hall–Kier alpha value is -0.950. The maximum Gasteiger partial charge on any atom is 0.325 e. The topological polar surface area (TPSA) is 111 Å². The van der Waals surface area contributed by atoms with Gasteiger partial charge in [0.2, 0.25) is 5.91 Å². The van der Waals surface area contributed by atoms with E-state index in [2.05, 4.69) is 5.09 Å². The Morgan fingerprint density at radius 1 is 1.27 bits per heavy atom. The normalized spacial score (nSPS) is 20.0. The van der Waals surface area contributed by atoms with Crippen molar-refractivity contribution in [2.24, 2.45) is 5.73 Å². The molecule has 9 heteroatoms. The zero-order valence-corrected chi connectivity index (χ0v) is 17.0. The van der Waals surface area contributed by atoms with E-state index in [1.165, 1.54) is 4.90 Å². The second-order valence-electron chi connectivity index (χ2n) is 6.41. The molecule has 0 aliphatic carbocycles. The number of hydrogen-bond donors (Lipinski definition) is 2. The van der Waals surface area contributed by atoms with E-state index in [-0.39, 0.29) is 19.1 Å². The molecule has 1 aliphatic heterocycles. The van der Waals surface area contributed by atoms with Gasteiger partial charge >= 0.3 is 5.97 Å². The summed E-state index contributed by atoms with van der Waals surface area (Å²) in [6, 6.07) is -0.584. The molecule has 0 radical (unpaired) electrons. The molecular formula is C17H34N3O5P. The third-order valence-corrected chi connectivity index (χ3v) is 6.54. The SMILES string of the molecule is CCOC(=O)CN1CCC[C@H](NP(=O)(CCCCCCN)OCC)C1=O. The van der Waals surface area contributed by atoms with Crippen molar-refractivity contribution < 1.29 is 23.4 Å². The summed E-state index contributed by atoms with van der Waals surface area (Å²) in [5.41, 5.74) is 5.48. The standard InChI is InChI=1S/C17H34N3O5P/c1-3-24-16(21)14-20-12-9-10-15(17(20)22)19-26(23,25-4-2)13-8-6-5-7-11-18/h15H,3-14,18H2,1-2H3,(H,19,23)/t15-,26?/m0/s1. The minimum Gasteiger partial charge on any atom is -0.465 e. The number of nitrogens with zero attached hydrogens (tertiary/aromatic N) is 1. The monoisotopic (exact) mass is 391 g/mol. The lowest BCUT2D eigenvalue weighted by molar-refractivity contribution is -0.150. The smallest absolute Gasteiger partial charge is 0.325 e. The summed E-state index contributed by atoms with van der Waals surface area (Å²) in [4.78, 5) is 25.8. The molecule has 0 bridgehead atoms. The quantitative estimate of drug-likeness (QED) is 0.280. The molecule has 0 aromatic rings. The summed E-state index contributed by atoms with van der Waals surface area (Å²) in [5.74, 6) is -0.637. The molecule has 0 aromatic heterocycles. The van der Waals surface area contributed by atoms with Gasteiger partial charge in [-0.05, 0) is 46.1 Å². The van der Waals surface area contributed by atoms with Gasteiger partial charge in [0.15, 0.2) is 0 Å². The van der Waals surface area contributed by atoms with Gasteiger partial charge in [-0.1, -0.05) is 12.8 Å². The highest BCUT2D eigenvalue weighted by Gasteiger charge is 2.35. The fourth-order valence-electron chi connectivity index (χ4n) is 3.01. The van der Waals surface area contributed by atoms with Gasteiger partial charge in [-0.15, -0.1) is 0 Å². The number of nitrogens with one attached hydrogen (secondary N) is 1. The highest BCUT2D eigenvalue weighted by Crippen LogP contribution is 2.44. The predicted molar refractivity (Wildman–Crippen MR) is 101 cm³/mol. The molecule has 1 saturated heterocycles. The molecule has 1 rings (SSSR count). The Bertz CT molecular complexity index is 489. The predicted octanol–water partition coefficient (Wildman–Crippen LogP) is 1.88. The molecule has 1 unspecified atom stereocenters. The average molecular weight is 391 g/mol. The summed E-state index contributed by atoms with van der Waals surface area (Å²) in [6.45, 7) is 5.22. The zero-order valence-electron chi connectivity index (χ0n) is 16.1. The molecule has 0 aromatic carbocycles. The first kappa shape index (κ1) is 23.1. The van der Waals surface area contributed by atoms with Gasteiger partial charge in [-0.25, -0.2) is 5.09 Å². The van der Waals surface area contributed by atoms with Crippen LogP contribution in [-0.4, -0.2) is 61.8 Å². The van der Waals surface area contributed by atoms with Crippen LogP contribution in [0.3, 0.4) is 0 Å². The number of carbonyl (C=O) groups is 2. The number of rotatable bonds is 13. The maximum absolute atomic E-state index is 13.1. The average Bonchev–Trinajstić information content (AvgIpc) is 2.59. The number of amides is 1. The third kappa shape index (κ3) is 8.16.